The van der Waals surface area contributed by atoms with Gasteiger partial charge >= 0.3 is 0 Å². The molecule has 1 fully saturated rings. The van der Waals surface area contributed by atoms with Gasteiger partial charge in [-0.15, -0.1) is 0 Å². The number of amides is 2. The van der Waals surface area contributed by atoms with Crippen LogP contribution in [-0.2, 0) is 9.59 Å². The Kier molecular flexibility index (Phi) is 5.18. The second-order valence-electron chi connectivity index (χ2n) is 7.91. The molecule has 3 heterocycles. The highest BCUT2D eigenvalue weighted by Crippen LogP contribution is 2.26. The number of fused-ring (bicyclic) bond motifs is 1. The molecule has 10 heteroatoms. The van der Waals surface area contributed by atoms with Gasteiger partial charge in [-0.2, -0.15) is 5.10 Å². The maximum atomic E-state index is 12.9. The van der Waals surface area contributed by atoms with Crippen LogP contribution in [0.2, 0.25) is 5.02 Å². The molecule has 1 aliphatic heterocycles. The van der Waals surface area contributed by atoms with E-state index in [1.165, 1.54) is 17.2 Å². The molecule has 0 spiro atoms. The highest BCUT2D eigenvalue weighted by molar-refractivity contribution is 6.30. The second kappa shape index (κ2) is 8.18. The van der Waals surface area contributed by atoms with Gasteiger partial charge in [0, 0.05) is 23.7 Å². The number of halogens is 1. The molecule has 9 nitrogen and oxygen atoms in total. The molecule has 0 aliphatic carbocycles. The number of nitrogens with zero attached hydrogens (tertiary/aromatic N) is 5. The number of nitrogens with one attached hydrogen (secondary N) is 1. The van der Waals surface area contributed by atoms with Gasteiger partial charge in [-0.3, -0.25) is 19.8 Å². The Bertz CT molecular complexity index is 1460. The van der Waals surface area contributed by atoms with E-state index in [9.17, 15) is 14.4 Å². The maximum Gasteiger partial charge on any atom is 0.283 e. The van der Waals surface area contributed by atoms with E-state index in [-0.39, 0.29) is 24.3 Å². The van der Waals surface area contributed by atoms with E-state index in [0.29, 0.717) is 16.4 Å². The predicted molar refractivity (Wildman–Crippen MR) is 124 cm³/mol. The summed E-state index contributed by atoms with van der Waals surface area (Å²) >= 11 is 6.05. The molecule has 0 bridgehead atoms. The Labute approximate surface area is 193 Å². The summed E-state index contributed by atoms with van der Waals surface area (Å²) in [6.07, 6.45) is 2.70. The number of aryl methyl sites for hydroxylation is 1. The zero-order valence-electron chi connectivity index (χ0n) is 17.6. The first-order valence-corrected chi connectivity index (χ1v) is 10.7. The van der Waals surface area contributed by atoms with Crippen LogP contribution >= 0.6 is 11.6 Å². The van der Waals surface area contributed by atoms with Crippen molar-refractivity contribution in [2.24, 2.45) is 5.92 Å². The van der Waals surface area contributed by atoms with Crippen molar-refractivity contribution in [3.05, 3.63) is 82.0 Å². The van der Waals surface area contributed by atoms with Crippen molar-refractivity contribution in [2.75, 3.05) is 16.9 Å². The summed E-state index contributed by atoms with van der Waals surface area (Å²) in [4.78, 5) is 44.2. The van der Waals surface area contributed by atoms with E-state index in [4.69, 9.17) is 11.6 Å². The molecule has 33 heavy (non-hydrogen) atoms. The van der Waals surface area contributed by atoms with Crippen molar-refractivity contribution < 1.29 is 9.59 Å². The van der Waals surface area contributed by atoms with E-state index in [0.717, 1.165) is 15.9 Å². The normalized spacial score (nSPS) is 15.9. The van der Waals surface area contributed by atoms with Crippen molar-refractivity contribution >= 4 is 40.1 Å². The van der Waals surface area contributed by atoms with Gasteiger partial charge in [-0.1, -0.05) is 29.8 Å². The average molecular weight is 463 g/mol. The van der Waals surface area contributed by atoms with Gasteiger partial charge < -0.3 is 4.90 Å². The van der Waals surface area contributed by atoms with Crippen molar-refractivity contribution in [3.8, 4) is 5.69 Å². The first-order valence-electron chi connectivity index (χ1n) is 10.3. The van der Waals surface area contributed by atoms with Crippen molar-refractivity contribution in [2.45, 2.75) is 13.3 Å². The molecule has 1 atom stereocenters. The zero-order valence-corrected chi connectivity index (χ0v) is 18.4. The monoisotopic (exact) mass is 462 g/mol. The predicted octanol–water partition coefficient (Wildman–Crippen LogP) is 2.67. The number of benzene rings is 2. The lowest BCUT2D eigenvalue weighted by Gasteiger charge is -2.17. The van der Waals surface area contributed by atoms with E-state index < -0.39 is 17.4 Å². The lowest BCUT2D eigenvalue weighted by Crippen LogP contribution is -2.37. The first kappa shape index (κ1) is 20.9. The topological polar surface area (TPSA) is 102 Å². The number of rotatable bonds is 4. The lowest BCUT2D eigenvalue weighted by atomic mass is 10.1. The molecule has 4 aromatic rings. The highest BCUT2D eigenvalue weighted by Gasteiger charge is 2.35. The van der Waals surface area contributed by atoms with Crippen LogP contribution < -0.4 is 15.9 Å². The molecular formula is C23H19ClN6O3. The Balaban J connectivity index is 1.37. The Morgan fingerprint density at radius 2 is 1.91 bits per heavy atom. The summed E-state index contributed by atoms with van der Waals surface area (Å²) in [6.45, 7) is 2.18. The minimum atomic E-state index is -0.588. The number of hydrogen-bond acceptors (Lipinski definition) is 5. The third kappa shape index (κ3) is 3.87. The van der Waals surface area contributed by atoms with Crippen LogP contribution in [0.25, 0.3) is 16.7 Å². The number of anilines is 1. The fraction of sp³-hybridized carbons (Fsp3) is 0.174. The van der Waals surface area contributed by atoms with Gasteiger partial charge in [0.05, 0.1) is 17.8 Å². The lowest BCUT2D eigenvalue weighted by molar-refractivity contribution is -0.123. The van der Waals surface area contributed by atoms with Crippen molar-refractivity contribution in [1.82, 2.24) is 19.4 Å². The van der Waals surface area contributed by atoms with Gasteiger partial charge in [0.2, 0.25) is 11.8 Å². The van der Waals surface area contributed by atoms with Crippen LogP contribution in [-0.4, -0.2) is 37.8 Å². The molecule has 1 saturated heterocycles. The summed E-state index contributed by atoms with van der Waals surface area (Å²) < 4.78 is 2.53. The van der Waals surface area contributed by atoms with Gasteiger partial charge in [0.25, 0.3) is 5.56 Å². The quantitative estimate of drug-likeness (QED) is 0.502. The van der Waals surface area contributed by atoms with Gasteiger partial charge in [-0.25, -0.2) is 14.3 Å². The smallest absolute Gasteiger partial charge is 0.283 e. The highest BCUT2D eigenvalue weighted by atomic mass is 35.5. The molecule has 0 radical (unpaired) electrons. The third-order valence-corrected chi connectivity index (χ3v) is 5.82. The summed E-state index contributed by atoms with van der Waals surface area (Å²) in [7, 11) is 0. The molecule has 5 rings (SSSR count). The molecule has 2 amide bonds. The molecule has 1 unspecified atom stereocenters. The number of aromatic nitrogens is 4. The summed E-state index contributed by atoms with van der Waals surface area (Å²) in [5.41, 5.74) is 4.88. The molecule has 1 N–H and O–H groups in total. The van der Waals surface area contributed by atoms with Crippen LogP contribution in [0.15, 0.2) is 65.8 Å². The van der Waals surface area contributed by atoms with E-state index in [1.807, 2.05) is 31.2 Å². The molecule has 2 aromatic heterocycles. The van der Waals surface area contributed by atoms with Crippen LogP contribution in [0, 0.1) is 12.8 Å². The fourth-order valence-corrected chi connectivity index (χ4v) is 4.11. The molecule has 2 aromatic carbocycles. The molecule has 1 aliphatic rings. The van der Waals surface area contributed by atoms with Gasteiger partial charge in [0.1, 0.15) is 11.7 Å². The van der Waals surface area contributed by atoms with Crippen LogP contribution in [0.1, 0.15) is 12.0 Å². The summed E-state index contributed by atoms with van der Waals surface area (Å²) in [5.74, 6) is -1.15. The molecule has 166 valence electrons. The van der Waals surface area contributed by atoms with E-state index in [2.05, 4.69) is 15.5 Å². The van der Waals surface area contributed by atoms with Crippen LogP contribution in [0.4, 0.5) is 5.69 Å². The fourth-order valence-electron chi connectivity index (χ4n) is 3.93. The van der Waals surface area contributed by atoms with Crippen molar-refractivity contribution in [1.29, 1.82) is 0 Å². The Morgan fingerprint density at radius 3 is 2.70 bits per heavy atom. The van der Waals surface area contributed by atoms with Crippen LogP contribution in [0.3, 0.4) is 0 Å². The third-order valence-electron chi connectivity index (χ3n) is 5.58. The molecule has 0 saturated carbocycles. The van der Waals surface area contributed by atoms with Crippen molar-refractivity contribution in [3.63, 3.8) is 0 Å². The number of carbonyl (C=O) groups is 2. The Morgan fingerprint density at radius 1 is 1.12 bits per heavy atom. The number of hydrogen-bond donors (Lipinski definition) is 1. The molecular weight excluding hydrogens is 444 g/mol. The van der Waals surface area contributed by atoms with Gasteiger partial charge in [-0.05, 0) is 42.8 Å². The largest absolute Gasteiger partial charge is 0.312 e. The average Bonchev–Trinajstić information content (AvgIpc) is 3.40. The standard InChI is InChI=1S/C23H19ClN6O3/c1-14-4-2-6-17(8-14)28-12-15(9-20(28)31)22(32)27-29-13-25-21-19(23(29)33)11-26-30(21)18-7-3-5-16(24)10-18/h2-8,10-11,13,15H,9,12H2,1H3,(H,27,32). The summed E-state index contributed by atoms with van der Waals surface area (Å²) in [6, 6.07) is 14.6. The minimum Gasteiger partial charge on any atom is -0.312 e. The Hall–Kier alpha value is -3.98. The van der Waals surface area contributed by atoms with Crippen LogP contribution in [0.5, 0.6) is 0 Å². The van der Waals surface area contributed by atoms with Gasteiger partial charge in [0.15, 0.2) is 5.65 Å². The first-order chi connectivity index (χ1) is 15.9. The SMILES string of the molecule is Cc1cccc(N2CC(C(=O)Nn3cnc4c(cnn4-c4cccc(Cl)c4)c3=O)CC2=O)c1. The minimum absolute atomic E-state index is 0.0664. The second-order valence-corrected chi connectivity index (χ2v) is 8.35. The number of carbonyl (C=O) groups excluding carboxylic acids is 2. The summed E-state index contributed by atoms with van der Waals surface area (Å²) in [5, 5.41) is 5.01. The maximum absolute atomic E-state index is 12.9. The van der Waals surface area contributed by atoms with E-state index in [1.54, 1.807) is 29.2 Å². The zero-order chi connectivity index (χ0) is 23.1. The van der Waals surface area contributed by atoms with E-state index >= 15 is 0 Å².